The molecular formula is C19H16BrCl2NO2. The summed E-state index contributed by atoms with van der Waals surface area (Å²) in [6, 6.07) is 15.1. The summed E-state index contributed by atoms with van der Waals surface area (Å²) < 4.78 is 12.3. The Morgan fingerprint density at radius 2 is 1.80 bits per heavy atom. The van der Waals surface area contributed by atoms with Crippen molar-refractivity contribution in [3.8, 4) is 5.75 Å². The normalized spacial score (nSPS) is 10.8. The fourth-order valence-corrected chi connectivity index (χ4v) is 3.30. The average molecular weight is 441 g/mol. The van der Waals surface area contributed by atoms with Gasteiger partial charge in [0.15, 0.2) is 0 Å². The molecule has 0 bridgehead atoms. The van der Waals surface area contributed by atoms with E-state index in [1.165, 1.54) is 0 Å². The zero-order valence-corrected chi connectivity index (χ0v) is 16.4. The minimum atomic E-state index is 0.311. The topological polar surface area (TPSA) is 34.4 Å². The maximum Gasteiger partial charge on any atom is 0.124 e. The van der Waals surface area contributed by atoms with Gasteiger partial charge in [-0.05, 0) is 42.5 Å². The number of furan rings is 1. The molecule has 0 unspecified atom stereocenters. The standard InChI is InChI=1S/C19H16BrCl2NO2/c20-14-6-7-19(25-12-16-17(21)4-1-5-18(16)22)13(9-14)10-23-11-15-3-2-8-24-15/h1-9,23H,10-12H2. The molecule has 130 valence electrons. The smallest absolute Gasteiger partial charge is 0.124 e. The second-order valence-corrected chi connectivity index (χ2v) is 7.15. The van der Waals surface area contributed by atoms with Gasteiger partial charge in [0.1, 0.15) is 18.1 Å². The van der Waals surface area contributed by atoms with E-state index in [-0.39, 0.29) is 0 Å². The molecule has 0 atom stereocenters. The molecule has 0 radical (unpaired) electrons. The van der Waals surface area contributed by atoms with E-state index < -0.39 is 0 Å². The first-order chi connectivity index (χ1) is 12.1. The molecule has 3 aromatic rings. The first kappa shape index (κ1) is 18.3. The van der Waals surface area contributed by atoms with Crippen LogP contribution in [0.3, 0.4) is 0 Å². The second-order valence-electron chi connectivity index (χ2n) is 5.42. The number of nitrogens with one attached hydrogen (secondary N) is 1. The van der Waals surface area contributed by atoms with Crippen molar-refractivity contribution in [2.75, 3.05) is 0 Å². The number of hydrogen-bond acceptors (Lipinski definition) is 3. The van der Waals surface area contributed by atoms with Gasteiger partial charge in [0.2, 0.25) is 0 Å². The van der Waals surface area contributed by atoms with Crippen LogP contribution in [0.4, 0.5) is 0 Å². The Labute approximate surface area is 165 Å². The van der Waals surface area contributed by atoms with Crippen LogP contribution in [0, 0.1) is 0 Å². The summed E-state index contributed by atoms with van der Waals surface area (Å²) >= 11 is 15.9. The predicted octanol–water partition coefficient (Wildman–Crippen LogP) is 6.22. The van der Waals surface area contributed by atoms with Gasteiger partial charge in [-0.1, -0.05) is 45.2 Å². The van der Waals surface area contributed by atoms with Crippen LogP contribution in [0.2, 0.25) is 10.0 Å². The van der Waals surface area contributed by atoms with Gasteiger partial charge in [-0.3, -0.25) is 0 Å². The highest BCUT2D eigenvalue weighted by molar-refractivity contribution is 9.10. The molecular weight excluding hydrogens is 425 g/mol. The molecule has 0 aliphatic heterocycles. The Bertz CT molecular complexity index is 817. The van der Waals surface area contributed by atoms with E-state index in [0.29, 0.717) is 29.7 Å². The van der Waals surface area contributed by atoms with Crippen molar-refractivity contribution in [2.24, 2.45) is 0 Å². The van der Waals surface area contributed by atoms with E-state index >= 15 is 0 Å². The lowest BCUT2D eigenvalue weighted by atomic mass is 10.2. The molecule has 0 amide bonds. The van der Waals surface area contributed by atoms with Crippen molar-refractivity contribution in [1.29, 1.82) is 0 Å². The minimum Gasteiger partial charge on any atom is -0.488 e. The summed E-state index contributed by atoms with van der Waals surface area (Å²) in [5.74, 6) is 1.67. The van der Waals surface area contributed by atoms with Gasteiger partial charge < -0.3 is 14.5 Å². The minimum absolute atomic E-state index is 0.311. The van der Waals surface area contributed by atoms with Crippen molar-refractivity contribution in [3.05, 3.63) is 86.2 Å². The fraction of sp³-hybridized carbons (Fsp3) is 0.158. The average Bonchev–Trinajstić information content (AvgIpc) is 3.09. The maximum atomic E-state index is 6.21. The molecule has 0 fully saturated rings. The Balaban J connectivity index is 1.68. The van der Waals surface area contributed by atoms with Gasteiger partial charge in [-0.25, -0.2) is 0 Å². The molecule has 25 heavy (non-hydrogen) atoms. The van der Waals surface area contributed by atoms with Crippen LogP contribution in [-0.4, -0.2) is 0 Å². The molecule has 6 heteroatoms. The highest BCUT2D eigenvalue weighted by atomic mass is 79.9. The third-order valence-corrected chi connectivity index (χ3v) is 4.85. The van der Waals surface area contributed by atoms with E-state index in [9.17, 15) is 0 Å². The quantitative estimate of drug-likeness (QED) is 0.473. The molecule has 0 saturated carbocycles. The molecule has 1 N–H and O–H groups in total. The van der Waals surface area contributed by atoms with Crippen LogP contribution in [0.1, 0.15) is 16.9 Å². The van der Waals surface area contributed by atoms with Crippen molar-refractivity contribution in [2.45, 2.75) is 19.7 Å². The molecule has 0 saturated heterocycles. The maximum absolute atomic E-state index is 6.21. The molecule has 2 aromatic carbocycles. The first-order valence-corrected chi connectivity index (χ1v) is 9.25. The van der Waals surface area contributed by atoms with Crippen molar-refractivity contribution >= 4 is 39.1 Å². The number of hydrogen-bond donors (Lipinski definition) is 1. The van der Waals surface area contributed by atoms with E-state index in [1.54, 1.807) is 18.4 Å². The molecule has 1 heterocycles. The van der Waals surface area contributed by atoms with E-state index in [4.69, 9.17) is 32.4 Å². The lowest BCUT2D eigenvalue weighted by Gasteiger charge is -2.14. The molecule has 3 nitrogen and oxygen atoms in total. The van der Waals surface area contributed by atoms with E-state index in [0.717, 1.165) is 27.1 Å². The number of ether oxygens (including phenoxy) is 1. The van der Waals surface area contributed by atoms with Crippen LogP contribution in [0.5, 0.6) is 5.75 Å². The Kier molecular flexibility index (Phi) is 6.43. The summed E-state index contributed by atoms with van der Waals surface area (Å²) in [6.45, 7) is 1.60. The van der Waals surface area contributed by atoms with E-state index in [1.807, 2.05) is 36.4 Å². The largest absolute Gasteiger partial charge is 0.488 e. The summed E-state index contributed by atoms with van der Waals surface area (Å²) in [7, 11) is 0. The Hall–Kier alpha value is -1.46. The SMILES string of the molecule is Clc1cccc(Cl)c1COc1ccc(Br)cc1CNCc1ccco1. The molecule has 1 aromatic heterocycles. The molecule has 0 aliphatic rings. The molecule has 3 rings (SSSR count). The van der Waals surface area contributed by atoms with Crippen molar-refractivity contribution < 1.29 is 9.15 Å². The first-order valence-electron chi connectivity index (χ1n) is 7.70. The van der Waals surface area contributed by atoms with Crippen molar-refractivity contribution in [1.82, 2.24) is 5.32 Å². The Morgan fingerprint density at radius 3 is 2.52 bits per heavy atom. The summed E-state index contributed by atoms with van der Waals surface area (Å²) in [5, 5.41) is 4.54. The lowest BCUT2D eigenvalue weighted by Crippen LogP contribution is -2.13. The van der Waals surface area contributed by atoms with Gasteiger partial charge in [-0.2, -0.15) is 0 Å². The third kappa shape index (κ3) is 5.02. The van der Waals surface area contributed by atoms with Crippen LogP contribution in [0.25, 0.3) is 0 Å². The van der Waals surface area contributed by atoms with Gasteiger partial charge in [0, 0.05) is 32.2 Å². The fourth-order valence-electron chi connectivity index (χ4n) is 2.38. The summed E-state index contributed by atoms with van der Waals surface area (Å²) in [4.78, 5) is 0. The summed E-state index contributed by atoms with van der Waals surface area (Å²) in [6.07, 6.45) is 1.66. The Morgan fingerprint density at radius 1 is 1.00 bits per heavy atom. The monoisotopic (exact) mass is 439 g/mol. The van der Waals surface area contributed by atoms with Crippen molar-refractivity contribution in [3.63, 3.8) is 0 Å². The lowest BCUT2D eigenvalue weighted by molar-refractivity contribution is 0.302. The predicted molar refractivity (Wildman–Crippen MR) is 104 cm³/mol. The van der Waals surface area contributed by atoms with Gasteiger partial charge in [-0.15, -0.1) is 0 Å². The highest BCUT2D eigenvalue weighted by Crippen LogP contribution is 2.28. The second kappa shape index (κ2) is 8.77. The van der Waals surface area contributed by atoms with E-state index in [2.05, 4.69) is 21.2 Å². The zero-order valence-electron chi connectivity index (χ0n) is 13.3. The number of rotatable bonds is 7. The van der Waals surface area contributed by atoms with Crippen LogP contribution >= 0.6 is 39.1 Å². The van der Waals surface area contributed by atoms with Crippen LogP contribution < -0.4 is 10.1 Å². The van der Waals surface area contributed by atoms with Crippen LogP contribution in [0.15, 0.2) is 63.7 Å². The van der Waals surface area contributed by atoms with Gasteiger partial charge in [0.25, 0.3) is 0 Å². The zero-order chi connectivity index (χ0) is 17.6. The summed E-state index contributed by atoms with van der Waals surface area (Å²) in [5.41, 5.74) is 1.81. The number of benzene rings is 2. The third-order valence-electron chi connectivity index (χ3n) is 3.65. The van der Waals surface area contributed by atoms with Gasteiger partial charge >= 0.3 is 0 Å². The number of halogens is 3. The molecule has 0 aliphatic carbocycles. The van der Waals surface area contributed by atoms with Crippen LogP contribution in [-0.2, 0) is 19.7 Å². The van der Waals surface area contributed by atoms with Gasteiger partial charge in [0.05, 0.1) is 12.8 Å². The highest BCUT2D eigenvalue weighted by Gasteiger charge is 2.09. The molecule has 0 spiro atoms.